The number of carbonyl (C=O) groups excluding carboxylic acids is 1. The fourth-order valence-electron chi connectivity index (χ4n) is 2.55. The van der Waals surface area contributed by atoms with Crippen molar-refractivity contribution >= 4 is 33.1 Å². The number of carbonyl (C=O) groups is 1. The van der Waals surface area contributed by atoms with E-state index < -0.39 is 0 Å². The first kappa shape index (κ1) is 11.5. The summed E-state index contributed by atoms with van der Waals surface area (Å²) in [6.45, 7) is 3.63. The first-order valence-corrected chi connectivity index (χ1v) is 6.92. The molecule has 0 aromatic carbocycles. The lowest BCUT2D eigenvalue weighted by molar-refractivity contribution is 0.0798. The number of fused-ring (bicyclic) bond motifs is 1. The summed E-state index contributed by atoms with van der Waals surface area (Å²) in [6.07, 6.45) is 2.19. The number of nitrogen functional groups attached to an aromatic ring is 1. The summed E-state index contributed by atoms with van der Waals surface area (Å²) in [5.41, 5.74) is 7.62. The lowest BCUT2D eigenvalue weighted by Gasteiger charge is -2.14. The maximum atomic E-state index is 12.4. The SMILES string of the molecule is Cc1nn(C)c2sc(C(=O)N3CCCC3)c(N)c12. The normalized spacial score (nSPS) is 15.8. The van der Waals surface area contributed by atoms with E-state index in [1.165, 1.54) is 11.3 Å². The first-order valence-electron chi connectivity index (χ1n) is 6.10. The van der Waals surface area contributed by atoms with Crippen LogP contribution in [-0.4, -0.2) is 33.7 Å². The number of anilines is 1. The van der Waals surface area contributed by atoms with Gasteiger partial charge in [-0.15, -0.1) is 11.3 Å². The molecular formula is C12H16N4OS. The first-order chi connectivity index (χ1) is 8.59. The number of rotatable bonds is 1. The summed E-state index contributed by atoms with van der Waals surface area (Å²) in [4.78, 5) is 15.9. The van der Waals surface area contributed by atoms with E-state index in [1.807, 2.05) is 18.9 Å². The zero-order chi connectivity index (χ0) is 12.9. The van der Waals surface area contributed by atoms with E-state index >= 15 is 0 Å². The number of aryl methyl sites for hydroxylation is 2. The minimum atomic E-state index is 0.0746. The molecule has 0 radical (unpaired) electrons. The van der Waals surface area contributed by atoms with E-state index in [4.69, 9.17) is 5.73 Å². The Balaban J connectivity index is 2.09. The van der Waals surface area contributed by atoms with Crippen molar-refractivity contribution < 1.29 is 4.79 Å². The standard InChI is InChI=1S/C12H16N4OS/c1-7-8-9(13)10(18-12(8)15(2)14-7)11(17)16-5-3-4-6-16/h3-6,13H2,1-2H3. The molecule has 3 heterocycles. The fraction of sp³-hybridized carbons (Fsp3) is 0.500. The summed E-state index contributed by atoms with van der Waals surface area (Å²) >= 11 is 1.45. The Morgan fingerprint density at radius 2 is 2.06 bits per heavy atom. The number of aromatic nitrogens is 2. The molecule has 3 rings (SSSR count). The highest BCUT2D eigenvalue weighted by molar-refractivity contribution is 7.21. The Labute approximate surface area is 109 Å². The van der Waals surface area contributed by atoms with Crippen LogP contribution in [0.15, 0.2) is 0 Å². The van der Waals surface area contributed by atoms with Gasteiger partial charge in [0.2, 0.25) is 0 Å². The molecule has 6 heteroatoms. The van der Waals surface area contributed by atoms with Crippen molar-refractivity contribution in [1.29, 1.82) is 0 Å². The van der Waals surface area contributed by atoms with Crippen LogP contribution in [-0.2, 0) is 7.05 Å². The smallest absolute Gasteiger partial charge is 0.266 e. The molecule has 1 amide bonds. The molecule has 0 spiro atoms. The topological polar surface area (TPSA) is 64.2 Å². The van der Waals surface area contributed by atoms with Crippen LogP contribution in [0, 0.1) is 6.92 Å². The van der Waals surface area contributed by atoms with Gasteiger partial charge in [-0.3, -0.25) is 9.48 Å². The molecule has 1 saturated heterocycles. The second-order valence-corrected chi connectivity index (χ2v) is 5.73. The molecule has 5 nitrogen and oxygen atoms in total. The van der Waals surface area contributed by atoms with Gasteiger partial charge < -0.3 is 10.6 Å². The average molecular weight is 264 g/mol. The predicted molar refractivity (Wildman–Crippen MR) is 72.9 cm³/mol. The Morgan fingerprint density at radius 3 is 2.67 bits per heavy atom. The van der Waals surface area contributed by atoms with Gasteiger partial charge >= 0.3 is 0 Å². The van der Waals surface area contributed by atoms with E-state index in [0.717, 1.165) is 41.8 Å². The van der Waals surface area contributed by atoms with Crippen molar-refractivity contribution in [2.24, 2.45) is 7.05 Å². The van der Waals surface area contributed by atoms with Crippen LogP contribution in [0.3, 0.4) is 0 Å². The second kappa shape index (κ2) is 3.98. The van der Waals surface area contributed by atoms with Crippen molar-refractivity contribution in [3.63, 3.8) is 0 Å². The third kappa shape index (κ3) is 1.52. The molecule has 0 unspecified atom stereocenters. The van der Waals surface area contributed by atoms with Crippen molar-refractivity contribution in [2.45, 2.75) is 19.8 Å². The lowest BCUT2D eigenvalue weighted by Crippen LogP contribution is -2.27. The van der Waals surface area contributed by atoms with E-state index in [0.29, 0.717) is 10.6 Å². The predicted octanol–water partition coefficient (Wildman–Crippen LogP) is 1.76. The van der Waals surface area contributed by atoms with Crippen LogP contribution < -0.4 is 5.73 Å². The van der Waals surface area contributed by atoms with E-state index in [9.17, 15) is 4.79 Å². The quantitative estimate of drug-likeness (QED) is 0.853. The Bertz CT molecular complexity index is 622. The maximum Gasteiger partial charge on any atom is 0.266 e. The number of thiophene rings is 1. The minimum Gasteiger partial charge on any atom is -0.397 e. The summed E-state index contributed by atoms with van der Waals surface area (Å²) < 4.78 is 1.80. The highest BCUT2D eigenvalue weighted by Gasteiger charge is 2.26. The molecule has 2 N–H and O–H groups in total. The average Bonchev–Trinajstić information content (AvgIpc) is 2.99. The molecule has 2 aromatic rings. The lowest BCUT2D eigenvalue weighted by atomic mass is 10.2. The minimum absolute atomic E-state index is 0.0746. The van der Waals surface area contributed by atoms with Crippen LogP contribution in [0.2, 0.25) is 0 Å². The molecule has 2 aromatic heterocycles. The van der Waals surface area contributed by atoms with Crippen LogP contribution in [0.1, 0.15) is 28.2 Å². The van der Waals surface area contributed by atoms with Crippen molar-refractivity contribution in [1.82, 2.24) is 14.7 Å². The third-order valence-corrected chi connectivity index (χ3v) is 4.73. The second-order valence-electron chi connectivity index (χ2n) is 4.73. The van der Waals surface area contributed by atoms with Crippen LogP contribution in [0.5, 0.6) is 0 Å². The highest BCUT2D eigenvalue weighted by atomic mass is 32.1. The summed E-state index contributed by atoms with van der Waals surface area (Å²) in [7, 11) is 1.88. The Morgan fingerprint density at radius 1 is 1.39 bits per heavy atom. The summed E-state index contributed by atoms with van der Waals surface area (Å²) in [6, 6.07) is 0. The molecule has 0 aliphatic carbocycles. The number of nitrogens with zero attached hydrogens (tertiary/aromatic N) is 3. The molecule has 1 fully saturated rings. The van der Waals surface area contributed by atoms with Crippen molar-refractivity contribution in [2.75, 3.05) is 18.8 Å². The van der Waals surface area contributed by atoms with E-state index in [-0.39, 0.29) is 5.91 Å². The van der Waals surface area contributed by atoms with Gasteiger partial charge in [0.1, 0.15) is 9.71 Å². The van der Waals surface area contributed by atoms with Crippen molar-refractivity contribution in [3.8, 4) is 0 Å². The Kier molecular flexibility index (Phi) is 2.55. The molecule has 1 aliphatic rings. The van der Waals surface area contributed by atoms with Gasteiger partial charge in [0.25, 0.3) is 5.91 Å². The van der Waals surface area contributed by atoms with E-state index in [2.05, 4.69) is 5.10 Å². The number of nitrogens with two attached hydrogens (primary N) is 1. The number of likely N-dealkylation sites (tertiary alicyclic amines) is 1. The highest BCUT2D eigenvalue weighted by Crippen LogP contribution is 2.36. The molecular weight excluding hydrogens is 248 g/mol. The van der Waals surface area contributed by atoms with Gasteiger partial charge in [-0.2, -0.15) is 5.10 Å². The van der Waals surface area contributed by atoms with Crippen LogP contribution in [0.4, 0.5) is 5.69 Å². The van der Waals surface area contributed by atoms with Crippen molar-refractivity contribution in [3.05, 3.63) is 10.6 Å². The molecule has 0 bridgehead atoms. The molecule has 0 atom stereocenters. The summed E-state index contributed by atoms with van der Waals surface area (Å²) in [5, 5.41) is 5.27. The zero-order valence-electron chi connectivity index (χ0n) is 10.6. The maximum absolute atomic E-state index is 12.4. The largest absolute Gasteiger partial charge is 0.397 e. The Hall–Kier alpha value is -1.56. The van der Waals surface area contributed by atoms with Gasteiger partial charge in [-0.05, 0) is 19.8 Å². The molecule has 1 aliphatic heterocycles. The summed E-state index contributed by atoms with van der Waals surface area (Å²) in [5.74, 6) is 0.0746. The van der Waals surface area contributed by atoms with Gasteiger partial charge in [0.15, 0.2) is 0 Å². The fourth-order valence-corrected chi connectivity index (χ4v) is 3.71. The van der Waals surface area contributed by atoms with Gasteiger partial charge in [0.05, 0.1) is 16.8 Å². The monoisotopic (exact) mass is 264 g/mol. The zero-order valence-corrected chi connectivity index (χ0v) is 11.4. The van der Waals surface area contributed by atoms with E-state index in [1.54, 1.807) is 4.68 Å². The number of hydrogen-bond acceptors (Lipinski definition) is 4. The molecule has 0 saturated carbocycles. The molecule has 96 valence electrons. The van der Waals surface area contributed by atoms with Gasteiger partial charge in [-0.1, -0.05) is 0 Å². The van der Waals surface area contributed by atoms with Crippen LogP contribution >= 0.6 is 11.3 Å². The molecule has 18 heavy (non-hydrogen) atoms. The number of hydrogen-bond donors (Lipinski definition) is 1. The number of amides is 1. The van der Waals surface area contributed by atoms with Gasteiger partial charge in [0, 0.05) is 20.1 Å². The van der Waals surface area contributed by atoms with Gasteiger partial charge in [-0.25, -0.2) is 0 Å². The third-order valence-electron chi connectivity index (χ3n) is 3.47. The van der Waals surface area contributed by atoms with Crippen LogP contribution in [0.25, 0.3) is 10.2 Å².